The van der Waals surface area contributed by atoms with Gasteiger partial charge >= 0.3 is 6.03 Å². The zero-order chi connectivity index (χ0) is 9.30. The van der Waals surface area contributed by atoms with E-state index in [0.717, 1.165) is 10.1 Å². The number of amides is 1. The maximum absolute atomic E-state index is 10.8. The molecule has 0 atom stereocenters. The van der Waals surface area contributed by atoms with Gasteiger partial charge in [-0.2, -0.15) is 0 Å². The van der Waals surface area contributed by atoms with Gasteiger partial charge in [-0.1, -0.05) is 11.6 Å². The van der Waals surface area contributed by atoms with Gasteiger partial charge in [-0.3, -0.25) is 9.98 Å². The van der Waals surface area contributed by atoms with Gasteiger partial charge in [-0.15, -0.1) is 0 Å². The molecule has 1 aromatic heterocycles. The van der Waals surface area contributed by atoms with Gasteiger partial charge < -0.3 is 5.73 Å². The zero-order valence-corrected chi connectivity index (χ0v) is 7.22. The molecule has 1 rings (SSSR count). The molecule has 1 amide bonds. The first-order valence-corrected chi connectivity index (χ1v) is 3.63. The highest BCUT2D eigenvalue weighted by Crippen LogP contribution is 2.09. The van der Waals surface area contributed by atoms with Crippen molar-refractivity contribution in [1.82, 2.24) is 4.57 Å². The molecule has 0 aliphatic heterocycles. The molecule has 0 unspecified atom stereocenters. The lowest BCUT2D eigenvalue weighted by Gasteiger charge is -1.99. The normalized spacial score (nSPS) is 9.83. The van der Waals surface area contributed by atoms with Gasteiger partial charge in [0.2, 0.25) is 0 Å². The summed E-state index contributed by atoms with van der Waals surface area (Å²) >= 11 is 5.42. The first-order chi connectivity index (χ1) is 5.52. The molecule has 0 bridgehead atoms. The van der Waals surface area contributed by atoms with Crippen LogP contribution in [-0.2, 0) is 0 Å². The first-order valence-electron chi connectivity index (χ1n) is 3.25. The van der Waals surface area contributed by atoms with Crippen molar-refractivity contribution in [3.05, 3.63) is 23.5 Å². The maximum Gasteiger partial charge on any atom is 0.323 e. The molecule has 64 valence electrons. The predicted octanol–water partition coefficient (Wildman–Crippen LogP) is 1.29. The Balaban J connectivity index is 3.26. The lowest BCUT2D eigenvalue weighted by atomic mass is 10.3. The quantitative estimate of drug-likeness (QED) is 0.636. The lowest BCUT2D eigenvalue weighted by molar-refractivity contribution is 0.250. The lowest BCUT2D eigenvalue weighted by Crippen LogP contribution is -2.21. The molecule has 0 saturated heterocycles. The highest BCUT2D eigenvalue weighted by molar-refractivity contribution is 6.68. The van der Waals surface area contributed by atoms with Crippen molar-refractivity contribution in [3.63, 3.8) is 0 Å². The minimum absolute atomic E-state index is 0.193. The second-order valence-electron chi connectivity index (χ2n) is 2.42. The van der Waals surface area contributed by atoms with Crippen LogP contribution >= 0.6 is 11.6 Å². The summed E-state index contributed by atoms with van der Waals surface area (Å²) in [5, 5.41) is 6.93. The number of aryl methyl sites for hydroxylation is 1. The molecule has 12 heavy (non-hydrogen) atoms. The summed E-state index contributed by atoms with van der Waals surface area (Å²) in [4.78, 5) is 10.8. The van der Waals surface area contributed by atoms with Gasteiger partial charge in [0, 0.05) is 6.20 Å². The number of primary amides is 1. The average molecular weight is 186 g/mol. The molecule has 1 aromatic rings. The van der Waals surface area contributed by atoms with E-state index in [4.69, 9.17) is 22.7 Å². The van der Waals surface area contributed by atoms with Crippen LogP contribution in [0.3, 0.4) is 0 Å². The molecule has 0 saturated carbocycles. The Labute approximate surface area is 74.4 Å². The van der Waals surface area contributed by atoms with E-state index in [0.29, 0.717) is 5.69 Å². The Bertz CT molecular complexity index is 311. The number of nitrogens with zero attached hydrogens (tertiary/aromatic N) is 1. The fourth-order valence-corrected chi connectivity index (χ4v) is 1.09. The predicted molar refractivity (Wildman–Crippen MR) is 46.8 cm³/mol. The summed E-state index contributed by atoms with van der Waals surface area (Å²) in [6.45, 7) is 1.79. The topological polar surface area (TPSA) is 71.9 Å². The third-order valence-corrected chi connectivity index (χ3v) is 1.61. The number of hydrogen-bond donors (Lipinski definition) is 2. The Kier molecular flexibility index (Phi) is 2.19. The fraction of sp³-hybridized carbons (Fsp3) is 0.143. The summed E-state index contributed by atoms with van der Waals surface area (Å²) in [5.41, 5.74) is 6.20. The van der Waals surface area contributed by atoms with Gasteiger partial charge in [0.05, 0.1) is 5.69 Å². The van der Waals surface area contributed by atoms with Gasteiger partial charge in [0.15, 0.2) is 0 Å². The van der Waals surface area contributed by atoms with Crippen LogP contribution in [0.2, 0.25) is 0 Å². The number of carbonyl (C=O) groups is 1. The number of hydrogen-bond acceptors (Lipinski definition) is 2. The standard InChI is InChI=1S/C7H8ClN3O/c1-4-2-5(6(8)9)11(3-4)7(10)12/h2-3,9H,1H3,(H2,10,12). The number of nitrogens with one attached hydrogen (secondary N) is 1. The van der Waals surface area contributed by atoms with Crippen LogP contribution in [0.5, 0.6) is 0 Å². The number of rotatable bonds is 1. The van der Waals surface area contributed by atoms with Crippen molar-refractivity contribution in [2.24, 2.45) is 5.73 Å². The largest absolute Gasteiger partial charge is 0.351 e. The van der Waals surface area contributed by atoms with E-state index in [9.17, 15) is 4.79 Å². The molecule has 3 N–H and O–H groups in total. The maximum atomic E-state index is 10.8. The third-order valence-electron chi connectivity index (χ3n) is 1.42. The van der Waals surface area contributed by atoms with Gasteiger partial charge in [-0.25, -0.2) is 4.79 Å². The summed E-state index contributed by atoms with van der Waals surface area (Å²) in [6.07, 6.45) is 1.54. The Morgan fingerprint density at radius 3 is 2.67 bits per heavy atom. The molecule has 0 spiro atoms. The molecule has 0 aliphatic carbocycles. The molecule has 0 aliphatic rings. The fourth-order valence-electron chi connectivity index (χ4n) is 0.947. The Morgan fingerprint density at radius 1 is 1.75 bits per heavy atom. The van der Waals surface area contributed by atoms with Crippen molar-refractivity contribution in [3.8, 4) is 0 Å². The van der Waals surface area contributed by atoms with E-state index in [2.05, 4.69) is 0 Å². The Morgan fingerprint density at radius 2 is 2.33 bits per heavy atom. The van der Waals surface area contributed by atoms with E-state index in [1.54, 1.807) is 13.0 Å². The molecule has 1 heterocycles. The molecule has 5 heteroatoms. The molecule has 0 aromatic carbocycles. The van der Waals surface area contributed by atoms with Crippen LogP contribution < -0.4 is 5.73 Å². The van der Waals surface area contributed by atoms with E-state index >= 15 is 0 Å². The van der Waals surface area contributed by atoms with Crippen molar-refractivity contribution >= 4 is 22.8 Å². The third kappa shape index (κ3) is 1.48. The van der Waals surface area contributed by atoms with Crippen molar-refractivity contribution < 1.29 is 4.79 Å². The van der Waals surface area contributed by atoms with Crippen LogP contribution in [0.1, 0.15) is 11.3 Å². The van der Waals surface area contributed by atoms with E-state index in [1.807, 2.05) is 0 Å². The highest BCUT2D eigenvalue weighted by atomic mass is 35.5. The molecule has 4 nitrogen and oxygen atoms in total. The van der Waals surface area contributed by atoms with Crippen molar-refractivity contribution in [1.29, 1.82) is 5.41 Å². The number of nitrogens with two attached hydrogens (primary N) is 1. The van der Waals surface area contributed by atoms with Crippen LogP contribution in [0.4, 0.5) is 4.79 Å². The second kappa shape index (κ2) is 2.98. The number of aromatic nitrogens is 1. The summed E-state index contributed by atoms with van der Waals surface area (Å²) < 4.78 is 1.14. The molecule has 0 radical (unpaired) electrons. The van der Waals surface area contributed by atoms with Gasteiger partial charge in [-0.05, 0) is 18.6 Å². The number of halogens is 1. The smallest absolute Gasteiger partial charge is 0.323 e. The average Bonchev–Trinajstić information content (AvgIpc) is 2.31. The van der Waals surface area contributed by atoms with Crippen molar-refractivity contribution in [2.45, 2.75) is 6.92 Å². The SMILES string of the molecule is Cc1cc(C(=N)Cl)n(C(N)=O)c1. The zero-order valence-electron chi connectivity index (χ0n) is 6.47. The molecular weight excluding hydrogens is 178 g/mol. The molecule has 0 fully saturated rings. The monoisotopic (exact) mass is 185 g/mol. The van der Waals surface area contributed by atoms with Crippen LogP contribution in [0.25, 0.3) is 0 Å². The minimum Gasteiger partial charge on any atom is -0.351 e. The molecular formula is C7H8ClN3O. The summed E-state index contributed by atoms with van der Waals surface area (Å²) in [7, 11) is 0. The van der Waals surface area contributed by atoms with Gasteiger partial charge in [0.1, 0.15) is 5.17 Å². The first kappa shape index (κ1) is 8.80. The second-order valence-corrected chi connectivity index (χ2v) is 2.80. The van der Waals surface area contributed by atoms with E-state index < -0.39 is 6.03 Å². The van der Waals surface area contributed by atoms with E-state index in [1.165, 1.54) is 6.20 Å². The van der Waals surface area contributed by atoms with Crippen molar-refractivity contribution in [2.75, 3.05) is 0 Å². The van der Waals surface area contributed by atoms with E-state index in [-0.39, 0.29) is 5.17 Å². The highest BCUT2D eigenvalue weighted by Gasteiger charge is 2.09. The number of carbonyl (C=O) groups excluding carboxylic acids is 1. The summed E-state index contributed by atoms with van der Waals surface area (Å²) in [6, 6.07) is 0.989. The minimum atomic E-state index is -0.636. The van der Waals surface area contributed by atoms with Crippen LogP contribution in [0.15, 0.2) is 12.3 Å². The van der Waals surface area contributed by atoms with Crippen LogP contribution in [0, 0.1) is 12.3 Å². The Hall–Kier alpha value is -1.29. The van der Waals surface area contributed by atoms with Gasteiger partial charge in [0.25, 0.3) is 0 Å². The van der Waals surface area contributed by atoms with Crippen LogP contribution in [-0.4, -0.2) is 15.8 Å². The summed E-state index contributed by atoms with van der Waals surface area (Å²) in [5.74, 6) is 0.